The molecule has 18 heavy (non-hydrogen) atoms. The number of ether oxygens (including phenoxy) is 1. The number of hydrogen-bond acceptors (Lipinski definition) is 3. The molecule has 0 saturated carbocycles. The van der Waals surface area contributed by atoms with E-state index in [1.54, 1.807) is 0 Å². The molecule has 5 heteroatoms. The third-order valence-electron chi connectivity index (χ3n) is 2.90. The van der Waals surface area contributed by atoms with Crippen LogP contribution in [0.5, 0.6) is 0 Å². The minimum atomic E-state index is -0.194. The maximum atomic E-state index is 11.6. The van der Waals surface area contributed by atoms with Crippen LogP contribution in [-0.4, -0.2) is 18.9 Å². The Hall–Kier alpha value is -1.59. The Labute approximate surface area is 107 Å². The van der Waals surface area contributed by atoms with E-state index in [0.29, 0.717) is 13.1 Å². The molecule has 1 heterocycles. The highest BCUT2D eigenvalue weighted by molar-refractivity contribution is 5.74. The molecule has 0 spiro atoms. The summed E-state index contributed by atoms with van der Waals surface area (Å²) in [6.45, 7) is 1.73. The van der Waals surface area contributed by atoms with Crippen molar-refractivity contribution in [2.24, 2.45) is 5.73 Å². The topological polar surface area (TPSA) is 76.4 Å². The van der Waals surface area contributed by atoms with Crippen LogP contribution >= 0.6 is 0 Å². The molecule has 0 aliphatic carbocycles. The second kappa shape index (κ2) is 6.37. The lowest BCUT2D eigenvalue weighted by Gasteiger charge is -2.13. The van der Waals surface area contributed by atoms with Crippen LogP contribution in [0, 0.1) is 0 Å². The lowest BCUT2D eigenvalue weighted by Crippen LogP contribution is -2.41. The highest BCUT2D eigenvalue weighted by Crippen LogP contribution is 2.08. The summed E-state index contributed by atoms with van der Waals surface area (Å²) in [4.78, 5) is 11.6. The van der Waals surface area contributed by atoms with Crippen molar-refractivity contribution in [3.8, 4) is 0 Å². The van der Waals surface area contributed by atoms with Crippen molar-refractivity contribution < 1.29 is 9.53 Å². The summed E-state index contributed by atoms with van der Waals surface area (Å²) in [6, 6.07) is 7.67. The molecule has 5 nitrogen and oxygen atoms in total. The van der Waals surface area contributed by atoms with Crippen molar-refractivity contribution in [2.45, 2.75) is 32.2 Å². The monoisotopic (exact) mass is 249 g/mol. The highest BCUT2D eigenvalue weighted by Gasteiger charge is 2.17. The number of carbonyl (C=O) groups is 1. The van der Waals surface area contributed by atoms with Crippen LogP contribution in [-0.2, 0) is 17.8 Å². The van der Waals surface area contributed by atoms with Crippen LogP contribution in [0.1, 0.15) is 24.0 Å². The van der Waals surface area contributed by atoms with Crippen LogP contribution in [0.25, 0.3) is 0 Å². The Bertz CT molecular complexity index is 403. The zero-order chi connectivity index (χ0) is 12.8. The number of amides is 2. The molecule has 1 aliphatic heterocycles. The van der Waals surface area contributed by atoms with Crippen molar-refractivity contribution in [3.63, 3.8) is 0 Å². The summed E-state index contributed by atoms with van der Waals surface area (Å²) in [5.41, 5.74) is 7.67. The van der Waals surface area contributed by atoms with E-state index in [4.69, 9.17) is 10.5 Å². The molecule has 1 aromatic carbocycles. The zero-order valence-corrected chi connectivity index (χ0v) is 10.3. The van der Waals surface area contributed by atoms with Crippen molar-refractivity contribution in [1.29, 1.82) is 0 Å². The van der Waals surface area contributed by atoms with E-state index < -0.39 is 0 Å². The van der Waals surface area contributed by atoms with Gasteiger partial charge in [-0.1, -0.05) is 24.3 Å². The van der Waals surface area contributed by atoms with Gasteiger partial charge in [0.15, 0.2) is 0 Å². The molecule has 0 aromatic heterocycles. The SMILES string of the molecule is NCc1cccc(CNC(=O)NC2CCCO2)c1. The summed E-state index contributed by atoms with van der Waals surface area (Å²) in [5.74, 6) is 0. The number of rotatable bonds is 4. The Morgan fingerprint density at radius 3 is 3.00 bits per heavy atom. The lowest BCUT2D eigenvalue weighted by molar-refractivity contribution is 0.0907. The van der Waals surface area contributed by atoms with Crippen molar-refractivity contribution >= 4 is 6.03 Å². The third-order valence-corrected chi connectivity index (χ3v) is 2.90. The summed E-state index contributed by atoms with van der Waals surface area (Å²) in [5, 5.41) is 5.59. The molecule has 2 rings (SSSR count). The molecule has 1 fully saturated rings. The van der Waals surface area contributed by atoms with Gasteiger partial charge in [0.1, 0.15) is 6.23 Å². The van der Waals surface area contributed by atoms with E-state index in [1.807, 2.05) is 24.3 Å². The number of benzene rings is 1. The Kier molecular flexibility index (Phi) is 4.55. The van der Waals surface area contributed by atoms with E-state index in [2.05, 4.69) is 10.6 Å². The Morgan fingerprint density at radius 1 is 1.44 bits per heavy atom. The van der Waals surface area contributed by atoms with Crippen molar-refractivity contribution in [3.05, 3.63) is 35.4 Å². The molecule has 4 N–H and O–H groups in total. The van der Waals surface area contributed by atoms with Gasteiger partial charge in [0.2, 0.25) is 0 Å². The Balaban J connectivity index is 1.77. The number of urea groups is 1. The van der Waals surface area contributed by atoms with Gasteiger partial charge < -0.3 is 21.1 Å². The van der Waals surface area contributed by atoms with Crippen LogP contribution in [0.4, 0.5) is 4.79 Å². The minimum absolute atomic E-state index is 0.139. The van der Waals surface area contributed by atoms with Crippen LogP contribution in [0.15, 0.2) is 24.3 Å². The van der Waals surface area contributed by atoms with Gasteiger partial charge in [0.05, 0.1) is 0 Å². The fourth-order valence-corrected chi connectivity index (χ4v) is 1.94. The molecule has 98 valence electrons. The number of hydrogen-bond donors (Lipinski definition) is 3. The number of nitrogens with one attached hydrogen (secondary N) is 2. The molecule has 1 aliphatic rings. The van der Waals surface area contributed by atoms with Crippen LogP contribution in [0.3, 0.4) is 0 Å². The first-order valence-electron chi connectivity index (χ1n) is 6.22. The minimum Gasteiger partial charge on any atom is -0.358 e. The normalized spacial score (nSPS) is 18.6. The number of carbonyl (C=O) groups excluding carboxylic acids is 1. The van der Waals surface area contributed by atoms with Gasteiger partial charge in [-0.3, -0.25) is 0 Å². The van der Waals surface area contributed by atoms with Crippen LogP contribution < -0.4 is 16.4 Å². The fourth-order valence-electron chi connectivity index (χ4n) is 1.94. The van der Waals surface area contributed by atoms with E-state index in [0.717, 1.165) is 30.6 Å². The first-order valence-corrected chi connectivity index (χ1v) is 6.22. The molecule has 1 saturated heterocycles. The zero-order valence-electron chi connectivity index (χ0n) is 10.3. The van der Waals surface area contributed by atoms with Gasteiger partial charge in [-0.25, -0.2) is 4.79 Å². The number of nitrogens with two attached hydrogens (primary N) is 1. The summed E-state index contributed by atoms with van der Waals surface area (Å²) in [7, 11) is 0. The average molecular weight is 249 g/mol. The first-order chi connectivity index (χ1) is 8.78. The molecular weight excluding hydrogens is 230 g/mol. The summed E-state index contributed by atoms with van der Waals surface area (Å²) in [6.07, 6.45) is 1.75. The quantitative estimate of drug-likeness (QED) is 0.747. The molecule has 1 atom stereocenters. The van der Waals surface area contributed by atoms with Crippen molar-refractivity contribution in [2.75, 3.05) is 6.61 Å². The smallest absolute Gasteiger partial charge is 0.317 e. The first kappa shape index (κ1) is 12.9. The van der Waals surface area contributed by atoms with E-state index in [9.17, 15) is 4.79 Å². The Morgan fingerprint density at radius 2 is 2.28 bits per heavy atom. The molecule has 1 aromatic rings. The highest BCUT2D eigenvalue weighted by atomic mass is 16.5. The maximum Gasteiger partial charge on any atom is 0.317 e. The standard InChI is InChI=1S/C13H19N3O2/c14-8-10-3-1-4-11(7-10)9-15-13(17)16-12-5-2-6-18-12/h1,3-4,7,12H,2,5-6,8-9,14H2,(H2,15,16,17). The van der Waals surface area contributed by atoms with Gasteiger partial charge in [-0.05, 0) is 24.0 Å². The molecule has 1 unspecified atom stereocenters. The van der Waals surface area contributed by atoms with Crippen molar-refractivity contribution in [1.82, 2.24) is 10.6 Å². The average Bonchev–Trinajstić information content (AvgIpc) is 2.89. The largest absolute Gasteiger partial charge is 0.358 e. The van der Waals surface area contributed by atoms with Gasteiger partial charge in [0.25, 0.3) is 0 Å². The van der Waals surface area contributed by atoms with E-state index in [-0.39, 0.29) is 12.3 Å². The molecule has 0 radical (unpaired) electrons. The molecule has 0 bridgehead atoms. The van der Waals surface area contributed by atoms with E-state index >= 15 is 0 Å². The summed E-state index contributed by atoms with van der Waals surface area (Å²) >= 11 is 0. The summed E-state index contributed by atoms with van der Waals surface area (Å²) < 4.78 is 5.32. The molecular formula is C13H19N3O2. The maximum absolute atomic E-state index is 11.6. The van der Waals surface area contributed by atoms with Crippen LogP contribution in [0.2, 0.25) is 0 Å². The van der Waals surface area contributed by atoms with E-state index in [1.165, 1.54) is 0 Å². The predicted molar refractivity (Wildman–Crippen MR) is 68.7 cm³/mol. The third kappa shape index (κ3) is 3.72. The molecule has 2 amide bonds. The second-order valence-electron chi connectivity index (χ2n) is 4.35. The van der Waals surface area contributed by atoms with Gasteiger partial charge in [-0.15, -0.1) is 0 Å². The van der Waals surface area contributed by atoms with Gasteiger partial charge in [-0.2, -0.15) is 0 Å². The van der Waals surface area contributed by atoms with Gasteiger partial charge >= 0.3 is 6.03 Å². The van der Waals surface area contributed by atoms with Gasteiger partial charge in [0, 0.05) is 19.7 Å². The second-order valence-corrected chi connectivity index (χ2v) is 4.35. The fraction of sp³-hybridized carbons (Fsp3) is 0.462. The predicted octanol–water partition coefficient (Wildman–Crippen LogP) is 1.08. The lowest BCUT2D eigenvalue weighted by atomic mass is 10.1.